The van der Waals surface area contributed by atoms with Crippen molar-refractivity contribution in [3.05, 3.63) is 81.5 Å². The highest BCUT2D eigenvalue weighted by Gasteiger charge is 2.32. The molecule has 0 aliphatic carbocycles. The summed E-state index contributed by atoms with van der Waals surface area (Å²) in [5, 5.41) is 15.0. The molecule has 2 amide bonds. The van der Waals surface area contributed by atoms with E-state index in [9.17, 15) is 22.8 Å². The largest absolute Gasteiger partial charge is 0.542 e. The van der Waals surface area contributed by atoms with E-state index in [4.69, 9.17) is 37.8 Å². The number of alkyl halides is 3. The summed E-state index contributed by atoms with van der Waals surface area (Å²) >= 11 is 12.1. The Hall–Kier alpha value is -4.36. The lowest BCUT2D eigenvalue weighted by Crippen LogP contribution is -2.49. The van der Waals surface area contributed by atoms with Crippen molar-refractivity contribution < 1.29 is 42.0 Å². The van der Waals surface area contributed by atoms with Crippen LogP contribution < -0.4 is 20.5 Å². The number of carboxylic acid groups (broad SMARTS) is 1. The second kappa shape index (κ2) is 14.0. The molecule has 2 N–H and O–H groups in total. The number of benzene rings is 2. The second-order valence-electron chi connectivity index (χ2n) is 9.67. The molecule has 232 valence electrons. The number of aromatic nitrogens is 1. The first kappa shape index (κ1) is 32.6. The van der Waals surface area contributed by atoms with Crippen LogP contribution in [0.15, 0.2) is 54.7 Å². The minimum atomic E-state index is -5.19. The SMILES string of the molecule is COc1cc(Cl)cc(C(=O)Nc2ccc(Cl)cn2)c1NC(=O)c1ccc(C(N2CCC2)=[N+]2CCC2)cc1.O=C([O-])C(F)(F)F. The fourth-order valence-electron chi connectivity index (χ4n) is 4.26. The van der Waals surface area contributed by atoms with Gasteiger partial charge in [-0.1, -0.05) is 23.2 Å². The Morgan fingerprint density at radius 3 is 2.05 bits per heavy atom. The van der Waals surface area contributed by atoms with Gasteiger partial charge in [-0.2, -0.15) is 13.2 Å². The number of rotatable bonds is 6. The highest BCUT2D eigenvalue weighted by molar-refractivity contribution is 6.32. The summed E-state index contributed by atoms with van der Waals surface area (Å²) in [5.41, 5.74) is 1.90. The average molecular weight is 652 g/mol. The number of amidine groups is 1. The third-order valence-electron chi connectivity index (χ3n) is 6.69. The summed E-state index contributed by atoms with van der Waals surface area (Å²) in [7, 11) is 1.45. The number of carbonyl (C=O) groups is 3. The number of carbonyl (C=O) groups excluding carboxylic acids is 3. The maximum atomic E-state index is 13.2. The highest BCUT2D eigenvalue weighted by atomic mass is 35.5. The van der Waals surface area contributed by atoms with Crippen molar-refractivity contribution in [2.45, 2.75) is 19.0 Å². The van der Waals surface area contributed by atoms with Crippen LogP contribution in [0.25, 0.3) is 0 Å². The molecule has 2 saturated heterocycles. The van der Waals surface area contributed by atoms with Gasteiger partial charge in [-0.05, 0) is 42.5 Å². The van der Waals surface area contributed by atoms with Crippen LogP contribution in [0.2, 0.25) is 10.0 Å². The monoisotopic (exact) mass is 651 g/mol. The summed E-state index contributed by atoms with van der Waals surface area (Å²) in [5.74, 6) is -2.09. The predicted molar refractivity (Wildman–Crippen MR) is 156 cm³/mol. The summed E-state index contributed by atoms with van der Waals surface area (Å²) in [6, 6.07) is 13.7. The molecular weight excluding hydrogens is 626 g/mol. The first-order valence-corrected chi connectivity index (χ1v) is 14.0. The molecule has 5 rings (SSSR count). The zero-order chi connectivity index (χ0) is 32.0. The maximum absolute atomic E-state index is 13.2. The minimum absolute atomic E-state index is 0.136. The number of ether oxygens (including phenoxy) is 1. The molecule has 0 radical (unpaired) electrons. The van der Waals surface area contributed by atoms with E-state index in [2.05, 4.69) is 25.1 Å². The van der Waals surface area contributed by atoms with E-state index in [0.717, 1.165) is 31.7 Å². The molecule has 44 heavy (non-hydrogen) atoms. The number of carboxylic acids is 1. The van der Waals surface area contributed by atoms with Gasteiger partial charge >= 0.3 is 6.18 Å². The first-order valence-electron chi connectivity index (χ1n) is 13.2. The van der Waals surface area contributed by atoms with Crippen LogP contribution in [0.5, 0.6) is 5.75 Å². The van der Waals surface area contributed by atoms with Gasteiger partial charge in [0.15, 0.2) is 0 Å². The Morgan fingerprint density at radius 1 is 0.932 bits per heavy atom. The van der Waals surface area contributed by atoms with E-state index >= 15 is 0 Å². The van der Waals surface area contributed by atoms with Crippen LogP contribution in [0.4, 0.5) is 24.7 Å². The smallest absolute Gasteiger partial charge is 0.430 e. The van der Waals surface area contributed by atoms with Crippen molar-refractivity contribution in [3.63, 3.8) is 0 Å². The molecule has 3 heterocycles. The van der Waals surface area contributed by atoms with E-state index in [1.54, 1.807) is 30.3 Å². The lowest BCUT2D eigenvalue weighted by Gasteiger charge is -2.31. The second-order valence-corrected chi connectivity index (χ2v) is 10.5. The molecule has 2 fully saturated rings. The number of nitrogens with zero attached hydrogens (tertiary/aromatic N) is 3. The van der Waals surface area contributed by atoms with Crippen molar-refractivity contribution in [3.8, 4) is 5.75 Å². The van der Waals surface area contributed by atoms with Crippen LogP contribution in [-0.2, 0) is 4.79 Å². The number of anilines is 2. The van der Waals surface area contributed by atoms with Gasteiger partial charge in [0.2, 0.25) is 0 Å². The fourth-order valence-corrected chi connectivity index (χ4v) is 4.58. The van der Waals surface area contributed by atoms with Crippen molar-refractivity contribution >= 4 is 58.3 Å². The number of methoxy groups -OCH3 is 1. The molecule has 2 aromatic carbocycles. The zero-order valence-corrected chi connectivity index (χ0v) is 24.7. The third-order valence-corrected chi connectivity index (χ3v) is 7.13. The molecule has 0 unspecified atom stereocenters. The van der Waals surface area contributed by atoms with Crippen LogP contribution in [0.1, 0.15) is 39.1 Å². The van der Waals surface area contributed by atoms with Gasteiger partial charge in [-0.15, -0.1) is 0 Å². The Labute approximate surface area is 260 Å². The van der Waals surface area contributed by atoms with Crippen molar-refractivity contribution in [1.82, 2.24) is 9.88 Å². The van der Waals surface area contributed by atoms with E-state index < -0.39 is 18.1 Å². The summed E-state index contributed by atoms with van der Waals surface area (Å²) in [6.07, 6.45) is -1.37. The minimum Gasteiger partial charge on any atom is -0.542 e. The first-order chi connectivity index (χ1) is 20.9. The van der Waals surface area contributed by atoms with Crippen LogP contribution in [-0.4, -0.2) is 77.5 Å². The molecule has 15 heteroatoms. The van der Waals surface area contributed by atoms with Crippen LogP contribution in [0, 0.1) is 0 Å². The molecule has 0 bridgehead atoms. The van der Waals surface area contributed by atoms with Gasteiger partial charge in [-0.3, -0.25) is 19.1 Å². The van der Waals surface area contributed by atoms with Gasteiger partial charge in [0.05, 0.1) is 55.1 Å². The molecule has 3 aromatic rings. The Morgan fingerprint density at radius 2 is 1.57 bits per heavy atom. The lowest BCUT2D eigenvalue weighted by atomic mass is 10.1. The predicted octanol–water partition coefficient (Wildman–Crippen LogP) is 4.07. The molecule has 0 saturated carbocycles. The fraction of sp³-hybridized carbons (Fsp3) is 0.276. The number of likely N-dealkylation sites (tertiary alicyclic amines) is 1. The number of amides is 2. The number of hydrogen-bond donors (Lipinski definition) is 2. The van der Waals surface area contributed by atoms with E-state index in [-0.39, 0.29) is 27.9 Å². The van der Waals surface area contributed by atoms with Crippen molar-refractivity contribution in [2.24, 2.45) is 0 Å². The average Bonchev–Trinajstić information content (AvgIpc) is 2.92. The summed E-state index contributed by atoms with van der Waals surface area (Å²) in [6.45, 7) is 4.23. The van der Waals surface area contributed by atoms with Crippen LogP contribution >= 0.6 is 23.2 Å². The van der Waals surface area contributed by atoms with Crippen molar-refractivity contribution in [2.75, 3.05) is 43.9 Å². The Balaban J connectivity index is 0.000000566. The standard InChI is InChI=1S/C27H25Cl2N5O3.C2HF3O2/c1-37-22-15-20(29)14-21(26(36)31-23-9-8-19(28)16-30-23)24(22)32-25(35)17-4-6-18(7-5-17)27(33-10-2-11-33)34-12-3-13-34;3-2(4,5)1(6)7/h4-9,14-16H,2-3,10-13H2,1H3,(H-,30,31,32,35,36);(H,6,7). The molecule has 10 nitrogen and oxygen atoms in total. The summed E-state index contributed by atoms with van der Waals surface area (Å²) < 4.78 is 39.4. The number of pyridine rings is 1. The lowest BCUT2D eigenvalue weighted by molar-refractivity contribution is -0.587. The maximum Gasteiger partial charge on any atom is 0.430 e. The highest BCUT2D eigenvalue weighted by Crippen LogP contribution is 2.33. The normalized spacial score (nSPS) is 13.9. The van der Waals surface area contributed by atoms with E-state index in [1.165, 1.54) is 38.1 Å². The Bertz CT molecular complexity index is 1570. The van der Waals surface area contributed by atoms with Gasteiger partial charge in [0.25, 0.3) is 17.6 Å². The topological polar surface area (TPSA) is 127 Å². The van der Waals surface area contributed by atoms with Gasteiger partial charge in [0.1, 0.15) is 17.5 Å². The number of nitrogens with one attached hydrogen (secondary N) is 2. The zero-order valence-electron chi connectivity index (χ0n) is 23.2. The van der Waals surface area contributed by atoms with Crippen molar-refractivity contribution in [1.29, 1.82) is 0 Å². The molecule has 0 spiro atoms. The molecular formula is C29H26Cl2F3N5O5. The molecule has 2 aliphatic rings. The molecule has 0 atom stereocenters. The number of aliphatic carboxylic acids is 1. The van der Waals surface area contributed by atoms with Gasteiger partial charge in [-0.25, -0.2) is 4.98 Å². The van der Waals surface area contributed by atoms with E-state index in [0.29, 0.717) is 16.4 Å². The van der Waals surface area contributed by atoms with E-state index in [1.807, 2.05) is 12.1 Å². The third kappa shape index (κ3) is 7.97. The number of hydrogen-bond acceptors (Lipinski definition) is 6. The quantitative estimate of drug-likeness (QED) is 0.304. The van der Waals surface area contributed by atoms with Crippen LogP contribution in [0.3, 0.4) is 0 Å². The van der Waals surface area contributed by atoms with Gasteiger partial charge < -0.3 is 25.3 Å². The molecule has 1 aromatic heterocycles. The number of halogens is 5. The molecule has 2 aliphatic heterocycles. The Kier molecular flexibility index (Phi) is 10.3. The summed E-state index contributed by atoms with van der Waals surface area (Å²) in [4.78, 5) is 41.6. The van der Waals surface area contributed by atoms with Gasteiger partial charge in [0, 0.05) is 35.7 Å².